The Labute approximate surface area is 169 Å². The number of rotatable bonds is 6. The van der Waals surface area contributed by atoms with Crippen LogP contribution in [0.1, 0.15) is 40.1 Å². The minimum Gasteiger partial charge on any atom is -0.476 e. The molecule has 142 valence electrons. The van der Waals surface area contributed by atoms with Gasteiger partial charge < -0.3 is 9.72 Å². The van der Waals surface area contributed by atoms with Gasteiger partial charge in [0.05, 0.1) is 5.56 Å². The molecular weight excluding hydrogens is 360 g/mol. The minimum atomic E-state index is -0.852. The lowest BCUT2D eigenvalue weighted by Crippen LogP contribution is -2.19. The van der Waals surface area contributed by atoms with Gasteiger partial charge in [0.2, 0.25) is 5.78 Å². The maximum absolute atomic E-state index is 13.6. The number of para-hydroxylation sites is 2. The zero-order valence-electron chi connectivity index (χ0n) is 16.1. The third-order valence-corrected chi connectivity index (χ3v) is 5.04. The Balaban J connectivity index is 1.80. The summed E-state index contributed by atoms with van der Waals surface area (Å²) in [6, 6.07) is 24.4. The topological polar surface area (TPSA) is 65.9 Å². The molecule has 0 saturated carbocycles. The number of fused-ring (bicyclic) bond motifs is 1. The lowest BCUT2D eigenvalue weighted by Gasteiger charge is -2.19. The summed E-state index contributed by atoms with van der Waals surface area (Å²) in [5, 5.41) is 10.3. The minimum absolute atomic E-state index is 0.150. The molecule has 1 atom stereocenters. The number of nitriles is 1. The maximum Gasteiger partial charge on any atom is 0.210 e. The van der Waals surface area contributed by atoms with Crippen LogP contribution in [0.5, 0.6) is 5.75 Å². The van der Waals surface area contributed by atoms with Gasteiger partial charge in [-0.05, 0) is 24.1 Å². The number of H-pyrrole nitrogens is 1. The van der Waals surface area contributed by atoms with Crippen LogP contribution in [0.15, 0.2) is 79.0 Å². The van der Waals surface area contributed by atoms with Crippen LogP contribution in [0.4, 0.5) is 0 Å². The quantitative estimate of drug-likeness (QED) is 0.443. The van der Waals surface area contributed by atoms with Crippen LogP contribution in [0.2, 0.25) is 0 Å². The highest BCUT2D eigenvalue weighted by Gasteiger charge is 2.27. The third kappa shape index (κ3) is 3.51. The van der Waals surface area contributed by atoms with Crippen molar-refractivity contribution in [1.29, 1.82) is 5.26 Å². The van der Waals surface area contributed by atoms with E-state index in [1.165, 1.54) is 0 Å². The van der Waals surface area contributed by atoms with Crippen molar-refractivity contribution in [2.45, 2.75) is 19.4 Å². The molecule has 4 nitrogen and oxygen atoms in total. The van der Waals surface area contributed by atoms with Crippen LogP contribution in [-0.4, -0.2) is 10.8 Å². The standard InChI is InChI=1S/C25H20N2O2/c1-2-17-12-8-13-20-21(16-27-23(17)20)24(28)25(18-9-4-3-5-10-18)29-22-14-7-6-11-19(22)15-26/h3-14,16,25,27H,2H2,1H3/t25-/m0/s1. The lowest BCUT2D eigenvalue weighted by atomic mass is 9.98. The van der Waals surface area contributed by atoms with Crippen LogP contribution in [0.25, 0.3) is 10.9 Å². The Morgan fingerprint density at radius 2 is 1.79 bits per heavy atom. The summed E-state index contributed by atoms with van der Waals surface area (Å²) >= 11 is 0. The average molecular weight is 380 g/mol. The molecule has 0 bridgehead atoms. The number of carbonyl (C=O) groups excluding carboxylic acids is 1. The summed E-state index contributed by atoms with van der Waals surface area (Å²) in [4.78, 5) is 16.8. The molecule has 0 aliphatic carbocycles. The van der Waals surface area contributed by atoms with E-state index < -0.39 is 6.10 Å². The number of aromatic nitrogens is 1. The fourth-order valence-electron chi connectivity index (χ4n) is 3.55. The number of hydrogen-bond donors (Lipinski definition) is 1. The van der Waals surface area contributed by atoms with Gasteiger partial charge in [-0.1, -0.05) is 67.6 Å². The van der Waals surface area contributed by atoms with Crippen molar-refractivity contribution >= 4 is 16.7 Å². The number of aryl methyl sites for hydroxylation is 1. The second kappa shape index (κ2) is 8.04. The number of hydrogen-bond acceptors (Lipinski definition) is 3. The molecule has 0 unspecified atom stereocenters. The molecule has 1 N–H and O–H groups in total. The van der Waals surface area contributed by atoms with Crippen LogP contribution in [0.3, 0.4) is 0 Å². The molecule has 4 rings (SSSR count). The highest BCUT2D eigenvalue weighted by atomic mass is 16.5. The van der Waals surface area contributed by atoms with Crippen LogP contribution in [0, 0.1) is 11.3 Å². The molecule has 0 amide bonds. The number of aromatic amines is 1. The number of nitrogens with one attached hydrogen (secondary N) is 1. The molecule has 0 fully saturated rings. The second-order valence-corrected chi connectivity index (χ2v) is 6.78. The van der Waals surface area contributed by atoms with Crippen molar-refractivity contribution in [1.82, 2.24) is 4.98 Å². The molecule has 4 aromatic rings. The fourth-order valence-corrected chi connectivity index (χ4v) is 3.55. The Morgan fingerprint density at radius 1 is 1.03 bits per heavy atom. The highest BCUT2D eigenvalue weighted by Crippen LogP contribution is 2.31. The summed E-state index contributed by atoms with van der Waals surface area (Å²) in [5.74, 6) is 0.245. The lowest BCUT2D eigenvalue weighted by molar-refractivity contribution is 0.0794. The monoisotopic (exact) mass is 380 g/mol. The number of nitrogens with zero attached hydrogens (tertiary/aromatic N) is 1. The molecular formula is C25H20N2O2. The van der Waals surface area contributed by atoms with Gasteiger partial charge in [-0.3, -0.25) is 4.79 Å². The SMILES string of the molecule is CCc1cccc2c(C(=O)[C@@H](Oc3ccccc3C#N)c3ccccc3)c[nH]c12. The molecule has 1 heterocycles. The van der Waals surface area contributed by atoms with E-state index in [4.69, 9.17) is 4.74 Å². The van der Waals surface area contributed by atoms with E-state index in [-0.39, 0.29) is 5.78 Å². The summed E-state index contributed by atoms with van der Waals surface area (Å²) in [6.45, 7) is 2.09. The van der Waals surface area contributed by atoms with E-state index in [1.54, 1.807) is 30.5 Å². The van der Waals surface area contributed by atoms with Crippen molar-refractivity contribution < 1.29 is 9.53 Å². The van der Waals surface area contributed by atoms with E-state index in [9.17, 15) is 10.1 Å². The first-order valence-electron chi connectivity index (χ1n) is 9.56. The number of ketones is 1. The smallest absolute Gasteiger partial charge is 0.210 e. The second-order valence-electron chi connectivity index (χ2n) is 6.78. The summed E-state index contributed by atoms with van der Waals surface area (Å²) < 4.78 is 6.13. The normalized spacial score (nSPS) is 11.7. The number of benzene rings is 3. The van der Waals surface area contributed by atoms with E-state index in [2.05, 4.69) is 24.0 Å². The van der Waals surface area contributed by atoms with E-state index in [0.29, 0.717) is 16.9 Å². The first-order valence-corrected chi connectivity index (χ1v) is 9.56. The zero-order valence-corrected chi connectivity index (χ0v) is 16.1. The molecule has 0 radical (unpaired) electrons. The molecule has 0 aliphatic rings. The molecule has 0 saturated heterocycles. The molecule has 3 aromatic carbocycles. The molecule has 0 spiro atoms. The summed E-state index contributed by atoms with van der Waals surface area (Å²) in [7, 11) is 0. The van der Waals surface area contributed by atoms with Gasteiger partial charge in [-0.2, -0.15) is 5.26 Å². The Morgan fingerprint density at radius 3 is 2.55 bits per heavy atom. The van der Waals surface area contributed by atoms with Gasteiger partial charge in [0.15, 0.2) is 6.10 Å². The predicted molar refractivity (Wildman–Crippen MR) is 113 cm³/mol. The Hall–Kier alpha value is -3.84. The van der Waals surface area contributed by atoms with Crippen molar-refractivity contribution in [3.63, 3.8) is 0 Å². The molecule has 4 heteroatoms. The van der Waals surface area contributed by atoms with Crippen LogP contribution in [-0.2, 0) is 6.42 Å². The van der Waals surface area contributed by atoms with E-state index in [0.717, 1.165) is 28.5 Å². The number of ether oxygens (including phenoxy) is 1. The van der Waals surface area contributed by atoms with Crippen LogP contribution < -0.4 is 4.74 Å². The van der Waals surface area contributed by atoms with Crippen molar-refractivity contribution in [3.8, 4) is 11.8 Å². The van der Waals surface area contributed by atoms with E-state index in [1.807, 2.05) is 42.5 Å². The maximum atomic E-state index is 13.6. The Bertz CT molecular complexity index is 1200. The highest BCUT2D eigenvalue weighted by molar-refractivity contribution is 6.10. The average Bonchev–Trinajstić information content (AvgIpc) is 3.22. The molecule has 1 aromatic heterocycles. The zero-order chi connectivity index (χ0) is 20.2. The Kier molecular flexibility index (Phi) is 5.13. The predicted octanol–water partition coefficient (Wildman–Crippen LogP) is 5.60. The largest absolute Gasteiger partial charge is 0.476 e. The van der Waals surface area contributed by atoms with Crippen molar-refractivity contribution in [2.75, 3.05) is 0 Å². The van der Waals surface area contributed by atoms with Crippen molar-refractivity contribution in [2.24, 2.45) is 0 Å². The van der Waals surface area contributed by atoms with Gasteiger partial charge in [-0.25, -0.2) is 0 Å². The summed E-state index contributed by atoms with van der Waals surface area (Å²) in [6.07, 6.45) is 1.77. The van der Waals surface area contributed by atoms with Crippen molar-refractivity contribution in [3.05, 3.63) is 101 Å². The van der Waals surface area contributed by atoms with Gasteiger partial charge >= 0.3 is 0 Å². The summed E-state index contributed by atoms with van der Waals surface area (Å²) in [5.41, 5.74) is 3.86. The first-order chi connectivity index (χ1) is 14.2. The number of carbonyl (C=O) groups is 1. The number of Topliss-reactive ketones (excluding diaryl/α,β-unsaturated/α-hetero) is 1. The first kappa shape index (κ1) is 18.5. The van der Waals surface area contributed by atoms with Gasteiger partial charge in [0.25, 0.3) is 0 Å². The molecule has 29 heavy (non-hydrogen) atoms. The van der Waals surface area contributed by atoms with Gasteiger partial charge in [0.1, 0.15) is 11.8 Å². The molecule has 0 aliphatic heterocycles. The fraction of sp³-hybridized carbons (Fsp3) is 0.120. The third-order valence-electron chi connectivity index (χ3n) is 5.04. The van der Waals surface area contributed by atoms with Gasteiger partial charge in [0, 0.05) is 28.2 Å². The van der Waals surface area contributed by atoms with Gasteiger partial charge in [-0.15, -0.1) is 0 Å². The van der Waals surface area contributed by atoms with Crippen LogP contribution >= 0.6 is 0 Å². The van der Waals surface area contributed by atoms with E-state index >= 15 is 0 Å².